The van der Waals surface area contributed by atoms with Crippen molar-refractivity contribution in [3.63, 3.8) is 0 Å². The van der Waals surface area contributed by atoms with Crippen molar-refractivity contribution in [1.29, 1.82) is 0 Å². The van der Waals surface area contributed by atoms with Gasteiger partial charge in [0.05, 0.1) is 27.6 Å². The van der Waals surface area contributed by atoms with Gasteiger partial charge >= 0.3 is 0 Å². The molecule has 0 aliphatic heterocycles. The van der Waals surface area contributed by atoms with Crippen molar-refractivity contribution >= 4 is 16.6 Å². The second-order valence-corrected chi connectivity index (χ2v) is 5.42. The van der Waals surface area contributed by atoms with Crippen molar-refractivity contribution in [2.45, 2.75) is 13.0 Å². The summed E-state index contributed by atoms with van der Waals surface area (Å²) in [5.41, 5.74) is 0.651. The molecule has 3 aromatic rings. The molecule has 0 aliphatic carbocycles. The van der Waals surface area contributed by atoms with Crippen LogP contribution >= 0.6 is 0 Å². The number of benzene rings is 2. The average Bonchev–Trinajstić information content (AvgIpc) is 2.61. The first-order valence-electron chi connectivity index (χ1n) is 7.46. The highest BCUT2D eigenvalue weighted by Gasteiger charge is 2.18. The fraction of sp³-hybridized carbons (Fsp3) is 0.176. The summed E-state index contributed by atoms with van der Waals surface area (Å²) in [7, 11) is 1.78. The topological polar surface area (TPSA) is 90.1 Å². The molecule has 0 radical (unpaired) electrons. The van der Waals surface area contributed by atoms with E-state index in [2.05, 4.69) is 10.3 Å². The van der Waals surface area contributed by atoms with E-state index >= 15 is 0 Å². The van der Waals surface area contributed by atoms with Gasteiger partial charge in [-0.2, -0.15) is 0 Å². The van der Waals surface area contributed by atoms with Crippen LogP contribution in [0.25, 0.3) is 16.6 Å². The lowest BCUT2D eigenvalue weighted by molar-refractivity contribution is -0.384. The number of nitro benzene ring substituents is 1. The average molecular weight is 324 g/mol. The molecule has 0 bridgehead atoms. The maximum absolute atomic E-state index is 13.0. The zero-order valence-corrected chi connectivity index (χ0v) is 13.3. The van der Waals surface area contributed by atoms with Crippen molar-refractivity contribution in [2.75, 3.05) is 7.05 Å². The molecule has 1 N–H and O–H groups in total. The molecule has 7 heteroatoms. The monoisotopic (exact) mass is 324 g/mol. The Balaban J connectivity index is 2.39. The number of hydrogen-bond donors (Lipinski definition) is 1. The van der Waals surface area contributed by atoms with Crippen LogP contribution in [0, 0.1) is 10.1 Å². The predicted molar refractivity (Wildman–Crippen MR) is 91.5 cm³/mol. The highest BCUT2D eigenvalue weighted by atomic mass is 16.6. The molecule has 0 amide bonds. The molecule has 3 rings (SSSR count). The van der Waals surface area contributed by atoms with Crippen LogP contribution in [0.1, 0.15) is 18.8 Å². The fourth-order valence-electron chi connectivity index (χ4n) is 2.55. The molecule has 7 nitrogen and oxygen atoms in total. The molecule has 2 aromatic carbocycles. The molecule has 0 spiro atoms. The third-order valence-electron chi connectivity index (χ3n) is 3.92. The van der Waals surface area contributed by atoms with E-state index in [0.717, 1.165) is 0 Å². The quantitative estimate of drug-likeness (QED) is 0.588. The Morgan fingerprint density at radius 2 is 1.92 bits per heavy atom. The number of para-hydroxylation sites is 1. The second-order valence-electron chi connectivity index (χ2n) is 5.42. The number of nitrogens with zero attached hydrogens (tertiary/aromatic N) is 3. The predicted octanol–water partition coefficient (Wildman–Crippen LogP) is 2.57. The van der Waals surface area contributed by atoms with E-state index in [-0.39, 0.29) is 22.7 Å². The minimum absolute atomic E-state index is 0.129. The van der Waals surface area contributed by atoms with Crippen LogP contribution in [-0.2, 0) is 0 Å². The van der Waals surface area contributed by atoms with Gasteiger partial charge in [0.1, 0.15) is 5.82 Å². The molecule has 1 aromatic heterocycles. The fourth-order valence-corrected chi connectivity index (χ4v) is 2.55. The molecule has 0 saturated carbocycles. The molecule has 122 valence electrons. The lowest BCUT2D eigenvalue weighted by atomic mass is 10.2. The molecule has 1 unspecified atom stereocenters. The van der Waals surface area contributed by atoms with Crippen molar-refractivity contribution in [1.82, 2.24) is 14.9 Å². The van der Waals surface area contributed by atoms with E-state index in [4.69, 9.17) is 0 Å². The molecule has 24 heavy (non-hydrogen) atoms. The van der Waals surface area contributed by atoms with Gasteiger partial charge in [0.2, 0.25) is 0 Å². The van der Waals surface area contributed by atoms with Gasteiger partial charge in [-0.25, -0.2) is 4.98 Å². The van der Waals surface area contributed by atoms with Crippen LogP contribution in [0.3, 0.4) is 0 Å². The second kappa shape index (κ2) is 6.21. The van der Waals surface area contributed by atoms with Gasteiger partial charge in [0, 0.05) is 12.1 Å². The van der Waals surface area contributed by atoms with Crippen molar-refractivity contribution in [3.05, 3.63) is 74.8 Å². The van der Waals surface area contributed by atoms with Gasteiger partial charge in [-0.1, -0.05) is 18.2 Å². The van der Waals surface area contributed by atoms with E-state index in [1.165, 1.54) is 22.8 Å². The molecule has 0 saturated heterocycles. The number of nitro groups is 1. The standard InChI is InChI=1S/C17H16N4O3/c1-11(18-2)16-19-15-9-8-13(21(23)24)10-14(15)17(22)20(16)12-6-4-3-5-7-12/h3-11,18H,1-2H3. The molecular formula is C17H16N4O3. The lowest BCUT2D eigenvalue weighted by Crippen LogP contribution is -2.28. The maximum Gasteiger partial charge on any atom is 0.270 e. The summed E-state index contributed by atoms with van der Waals surface area (Å²) in [6.45, 7) is 1.90. The number of rotatable bonds is 4. The Labute approximate surface area is 137 Å². The van der Waals surface area contributed by atoms with Gasteiger partial charge in [-0.3, -0.25) is 19.5 Å². The Hall–Kier alpha value is -3.06. The van der Waals surface area contributed by atoms with Gasteiger partial charge in [-0.15, -0.1) is 0 Å². The summed E-state index contributed by atoms with van der Waals surface area (Å²) in [4.78, 5) is 28.1. The SMILES string of the molecule is CNC(C)c1nc2ccc([N+](=O)[O-])cc2c(=O)n1-c1ccccc1. The Kier molecular flexibility index (Phi) is 4.09. The first-order chi connectivity index (χ1) is 11.5. The smallest absolute Gasteiger partial charge is 0.270 e. The molecular weight excluding hydrogens is 308 g/mol. The van der Waals surface area contributed by atoms with Crippen LogP contribution in [0.5, 0.6) is 0 Å². The summed E-state index contributed by atoms with van der Waals surface area (Å²) in [6, 6.07) is 13.1. The lowest BCUT2D eigenvalue weighted by Gasteiger charge is -2.18. The van der Waals surface area contributed by atoms with Crippen LogP contribution in [0.15, 0.2) is 53.3 Å². The minimum atomic E-state index is -0.518. The molecule has 1 heterocycles. The molecule has 0 fully saturated rings. The zero-order valence-electron chi connectivity index (χ0n) is 13.3. The van der Waals surface area contributed by atoms with Crippen molar-refractivity contribution in [3.8, 4) is 5.69 Å². The third kappa shape index (κ3) is 2.65. The third-order valence-corrected chi connectivity index (χ3v) is 3.92. The number of nitrogens with one attached hydrogen (secondary N) is 1. The first kappa shape index (κ1) is 15.8. The number of non-ortho nitro benzene ring substituents is 1. The first-order valence-corrected chi connectivity index (χ1v) is 7.46. The number of fused-ring (bicyclic) bond motifs is 1. The Bertz CT molecular complexity index is 967. The zero-order chi connectivity index (χ0) is 17.3. The summed E-state index contributed by atoms with van der Waals surface area (Å²) in [5, 5.41) is 14.3. The normalized spacial score (nSPS) is 12.2. The summed E-state index contributed by atoms with van der Waals surface area (Å²) < 4.78 is 1.49. The summed E-state index contributed by atoms with van der Waals surface area (Å²) in [6.07, 6.45) is 0. The highest BCUT2D eigenvalue weighted by Crippen LogP contribution is 2.21. The van der Waals surface area contributed by atoms with Crippen LogP contribution in [0.2, 0.25) is 0 Å². The molecule has 0 aliphatic rings. The van der Waals surface area contributed by atoms with Crippen molar-refractivity contribution < 1.29 is 4.92 Å². The van der Waals surface area contributed by atoms with Crippen LogP contribution < -0.4 is 10.9 Å². The minimum Gasteiger partial charge on any atom is -0.311 e. The highest BCUT2D eigenvalue weighted by molar-refractivity contribution is 5.80. The Morgan fingerprint density at radius 1 is 1.21 bits per heavy atom. The number of hydrogen-bond acceptors (Lipinski definition) is 5. The van der Waals surface area contributed by atoms with E-state index in [0.29, 0.717) is 17.0 Å². The van der Waals surface area contributed by atoms with E-state index in [1.54, 1.807) is 19.2 Å². The van der Waals surface area contributed by atoms with E-state index < -0.39 is 4.92 Å². The Morgan fingerprint density at radius 3 is 2.54 bits per heavy atom. The van der Waals surface area contributed by atoms with Crippen LogP contribution in [-0.4, -0.2) is 21.5 Å². The van der Waals surface area contributed by atoms with Gasteiger partial charge in [0.25, 0.3) is 11.2 Å². The van der Waals surface area contributed by atoms with E-state index in [9.17, 15) is 14.9 Å². The largest absolute Gasteiger partial charge is 0.311 e. The van der Waals surface area contributed by atoms with E-state index in [1.807, 2.05) is 25.1 Å². The maximum atomic E-state index is 13.0. The number of aromatic nitrogens is 2. The van der Waals surface area contributed by atoms with Gasteiger partial charge in [-0.05, 0) is 32.2 Å². The van der Waals surface area contributed by atoms with Gasteiger partial charge in [0.15, 0.2) is 0 Å². The van der Waals surface area contributed by atoms with Crippen molar-refractivity contribution in [2.24, 2.45) is 0 Å². The molecule has 1 atom stereocenters. The summed E-state index contributed by atoms with van der Waals surface area (Å²) in [5.74, 6) is 0.551. The van der Waals surface area contributed by atoms with Gasteiger partial charge < -0.3 is 5.32 Å². The summed E-state index contributed by atoms with van der Waals surface area (Å²) >= 11 is 0. The van der Waals surface area contributed by atoms with Crippen LogP contribution in [0.4, 0.5) is 5.69 Å².